The zero-order chi connectivity index (χ0) is 14.6. The standard InChI is InChI=1S/C16H27FN2/c1-12(11-18-16(3,4)5)19(6)13(2)14-9-7-8-10-15(14)17/h7-10,12-13,18H,11H2,1-6H3. The quantitative estimate of drug-likeness (QED) is 0.876. The molecule has 2 unspecified atom stereocenters. The molecule has 2 nitrogen and oxygen atoms in total. The molecule has 1 N–H and O–H groups in total. The molecule has 0 radical (unpaired) electrons. The van der Waals surface area contributed by atoms with Crippen molar-refractivity contribution < 1.29 is 4.39 Å². The van der Waals surface area contributed by atoms with E-state index in [1.54, 1.807) is 6.07 Å². The van der Waals surface area contributed by atoms with Crippen LogP contribution in [0, 0.1) is 5.82 Å². The smallest absolute Gasteiger partial charge is 0.127 e. The summed E-state index contributed by atoms with van der Waals surface area (Å²) in [7, 11) is 2.05. The number of likely N-dealkylation sites (N-methyl/N-ethyl adjacent to an activating group) is 1. The van der Waals surface area contributed by atoms with E-state index in [2.05, 4.69) is 37.9 Å². The summed E-state index contributed by atoms with van der Waals surface area (Å²) in [6.07, 6.45) is 0. The van der Waals surface area contributed by atoms with Gasteiger partial charge in [-0.25, -0.2) is 4.39 Å². The Balaban J connectivity index is 2.66. The van der Waals surface area contributed by atoms with Crippen LogP contribution in [-0.4, -0.2) is 30.1 Å². The predicted molar refractivity (Wildman–Crippen MR) is 79.8 cm³/mol. The molecular weight excluding hydrogens is 239 g/mol. The highest BCUT2D eigenvalue weighted by Crippen LogP contribution is 2.23. The molecule has 0 aliphatic heterocycles. The lowest BCUT2D eigenvalue weighted by atomic mass is 10.0. The van der Waals surface area contributed by atoms with Crippen LogP contribution >= 0.6 is 0 Å². The van der Waals surface area contributed by atoms with Gasteiger partial charge in [-0.3, -0.25) is 4.90 Å². The maximum Gasteiger partial charge on any atom is 0.127 e. The third-order valence-electron chi connectivity index (χ3n) is 3.59. The van der Waals surface area contributed by atoms with Crippen molar-refractivity contribution in [2.45, 2.75) is 52.2 Å². The van der Waals surface area contributed by atoms with Crippen molar-refractivity contribution >= 4 is 0 Å². The molecule has 0 bridgehead atoms. The van der Waals surface area contributed by atoms with Crippen LogP contribution in [0.3, 0.4) is 0 Å². The van der Waals surface area contributed by atoms with E-state index >= 15 is 0 Å². The molecule has 0 heterocycles. The highest BCUT2D eigenvalue weighted by atomic mass is 19.1. The monoisotopic (exact) mass is 266 g/mol. The third-order valence-corrected chi connectivity index (χ3v) is 3.59. The second-order valence-corrected chi connectivity index (χ2v) is 6.34. The minimum atomic E-state index is -0.127. The van der Waals surface area contributed by atoms with E-state index in [9.17, 15) is 4.39 Å². The summed E-state index contributed by atoms with van der Waals surface area (Å²) in [6.45, 7) is 11.6. The number of halogens is 1. The van der Waals surface area contributed by atoms with Gasteiger partial charge in [0.1, 0.15) is 5.82 Å². The van der Waals surface area contributed by atoms with Crippen molar-refractivity contribution in [1.29, 1.82) is 0 Å². The molecule has 0 amide bonds. The number of benzene rings is 1. The Morgan fingerprint density at radius 2 is 1.79 bits per heavy atom. The summed E-state index contributed by atoms with van der Waals surface area (Å²) in [4.78, 5) is 2.21. The van der Waals surface area contributed by atoms with Crippen molar-refractivity contribution in [3.05, 3.63) is 35.6 Å². The number of hydrogen-bond acceptors (Lipinski definition) is 2. The van der Waals surface area contributed by atoms with E-state index in [-0.39, 0.29) is 17.4 Å². The summed E-state index contributed by atoms with van der Waals surface area (Å²) in [5.41, 5.74) is 0.865. The Morgan fingerprint density at radius 1 is 1.21 bits per heavy atom. The molecule has 0 aliphatic carbocycles. The largest absolute Gasteiger partial charge is 0.311 e. The van der Waals surface area contributed by atoms with E-state index in [1.165, 1.54) is 6.07 Å². The zero-order valence-electron chi connectivity index (χ0n) is 13.0. The molecule has 1 aromatic rings. The van der Waals surface area contributed by atoms with Crippen LogP contribution in [-0.2, 0) is 0 Å². The molecule has 0 spiro atoms. The van der Waals surface area contributed by atoms with Gasteiger partial charge >= 0.3 is 0 Å². The van der Waals surface area contributed by atoms with Crippen molar-refractivity contribution in [3.63, 3.8) is 0 Å². The van der Waals surface area contributed by atoms with Crippen molar-refractivity contribution in [2.75, 3.05) is 13.6 Å². The van der Waals surface area contributed by atoms with Crippen LogP contribution in [0.15, 0.2) is 24.3 Å². The molecule has 0 fully saturated rings. The summed E-state index contributed by atoms with van der Waals surface area (Å²) in [5.74, 6) is -0.127. The Bertz CT molecular complexity index is 398. The van der Waals surface area contributed by atoms with Gasteiger partial charge in [0.15, 0.2) is 0 Å². The summed E-state index contributed by atoms with van der Waals surface area (Å²) in [5, 5.41) is 3.49. The molecule has 2 atom stereocenters. The fourth-order valence-electron chi connectivity index (χ4n) is 2.01. The second kappa shape index (κ2) is 6.49. The third kappa shape index (κ3) is 4.92. The Hall–Kier alpha value is -0.930. The van der Waals surface area contributed by atoms with Gasteiger partial charge in [-0.2, -0.15) is 0 Å². The molecule has 0 saturated heterocycles. The highest BCUT2D eigenvalue weighted by Gasteiger charge is 2.21. The van der Waals surface area contributed by atoms with E-state index in [1.807, 2.05) is 26.1 Å². The number of nitrogens with one attached hydrogen (secondary N) is 1. The fraction of sp³-hybridized carbons (Fsp3) is 0.625. The topological polar surface area (TPSA) is 15.3 Å². The molecule has 0 aromatic heterocycles. The molecule has 108 valence electrons. The van der Waals surface area contributed by atoms with Gasteiger partial charge < -0.3 is 5.32 Å². The van der Waals surface area contributed by atoms with Crippen LogP contribution in [0.4, 0.5) is 4.39 Å². The van der Waals surface area contributed by atoms with Gasteiger partial charge in [-0.05, 0) is 47.7 Å². The summed E-state index contributed by atoms with van der Waals surface area (Å²) < 4.78 is 13.8. The number of hydrogen-bond donors (Lipinski definition) is 1. The van der Waals surface area contributed by atoms with Crippen LogP contribution in [0.25, 0.3) is 0 Å². The molecule has 3 heteroatoms. The van der Waals surface area contributed by atoms with Crippen LogP contribution in [0.2, 0.25) is 0 Å². The second-order valence-electron chi connectivity index (χ2n) is 6.34. The lowest BCUT2D eigenvalue weighted by molar-refractivity contribution is 0.181. The summed E-state index contributed by atoms with van der Waals surface area (Å²) in [6, 6.07) is 7.42. The molecule has 0 saturated carbocycles. The normalized spacial score (nSPS) is 15.6. The first-order valence-corrected chi connectivity index (χ1v) is 6.94. The van der Waals surface area contributed by atoms with Crippen molar-refractivity contribution in [2.24, 2.45) is 0 Å². The van der Waals surface area contributed by atoms with E-state index in [4.69, 9.17) is 0 Å². The van der Waals surface area contributed by atoms with Gasteiger partial charge in [0, 0.05) is 29.7 Å². The van der Waals surface area contributed by atoms with E-state index in [0.717, 1.165) is 12.1 Å². The van der Waals surface area contributed by atoms with Gasteiger partial charge in [0.2, 0.25) is 0 Å². The minimum absolute atomic E-state index is 0.0676. The first-order chi connectivity index (χ1) is 8.72. The molecule has 0 aliphatic rings. The first-order valence-electron chi connectivity index (χ1n) is 6.94. The highest BCUT2D eigenvalue weighted by molar-refractivity contribution is 5.20. The van der Waals surface area contributed by atoms with Crippen molar-refractivity contribution in [3.8, 4) is 0 Å². The number of nitrogens with zero attached hydrogens (tertiary/aromatic N) is 1. The average Bonchev–Trinajstić information content (AvgIpc) is 2.34. The maximum absolute atomic E-state index is 13.8. The lowest BCUT2D eigenvalue weighted by Gasteiger charge is -2.33. The zero-order valence-corrected chi connectivity index (χ0v) is 13.0. The van der Waals surface area contributed by atoms with Crippen LogP contribution in [0.5, 0.6) is 0 Å². The molecule has 1 rings (SSSR count). The molecule has 19 heavy (non-hydrogen) atoms. The maximum atomic E-state index is 13.8. The Morgan fingerprint density at radius 3 is 2.32 bits per heavy atom. The van der Waals surface area contributed by atoms with E-state index in [0.29, 0.717) is 6.04 Å². The van der Waals surface area contributed by atoms with Gasteiger partial charge in [0.05, 0.1) is 0 Å². The van der Waals surface area contributed by atoms with Gasteiger partial charge in [-0.15, -0.1) is 0 Å². The SMILES string of the molecule is CC(CNC(C)(C)C)N(C)C(C)c1ccccc1F. The first kappa shape index (κ1) is 16.1. The van der Waals surface area contributed by atoms with Gasteiger partial charge in [-0.1, -0.05) is 18.2 Å². The summed E-state index contributed by atoms with van der Waals surface area (Å²) >= 11 is 0. The predicted octanol–water partition coefficient (Wildman–Crippen LogP) is 3.60. The molecular formula is C16H27FN2. The van der Waals surface area contributed by atoms with Crippen molar-refractivity contribution in [1.82, 2.24) is 10.2 Å². The Labute approximate surface area is 117 Å². The van der Waals surface area contributed by atoms with E-state index < -0.39 is 0 Å². The fourth-order valence-corrected chi connectivity index (χ4v) is 2.01. The van der Waals surface area contributed by atoms with Crippen LogP contribution in [0.1, 0.15) is 46.2 Å². The minimum Gasteiger partial charge on any atom is -0.311 e. The van der Waals surface area contributed by atoms with Crippen LogP contribution < -0.4 is 5.32 Å². The average molecular weight is 266 g/mol. The van der Waals surface area contributed by atoms with Gasteiger partial charge in [0.25, 0.3) is 0 Å². The molecule has 1 aromatic carbocycles. The number of rotatable bonds is 5. The lowest BCUT2D eigenvalue weighted by Crippen LogP contribution is -2.45. The Kier molecular flexibility index (Phi) is 5.50.